The highest BCUT2D eigenvalue weighted by atomic mass is 32.2. The molecular weight excluding hydrogens is 444 g/mol. The van der Waals surface area contributed by atoms with Crippen molar-refractivity contribution in [2.45, 2.75) is 39.1 Å². The van der Waals surface area contributed by atoms with Crippen LogP contribution in [0.15, 0.2) is 44.4 Å². The van der Waals surface area contributed by atoms with Gasteiger partial charge in [-0.1, -0.05) is 5.16 Å². The number of hydrogen-bond acceptors (Lipinski definition) is 6. The van der Waals surface area contributed by atoms with Gasteiger partial charge < -0.3 is 18.4 Å². The minimum atomic E-state index is -3.70. The van der Waals surface area contributed by atoms with Gasteiger partial charge in [-0.15, -0.1) is 0 Å². The van der Waals surface area contributed by atoms with Gasteiger partial charge in [0, 0.05) is 43.6 Å². The lowest BCUT2D eigenvalue weighted by molar-refractivity contribution is -0.127. The van der Waals surface area contributed by atoms with Crippen molar-refractivity contribution < 1.29 is 22.2 Å². The number of amides is 1. The molecule has 176 valence electrons. The minimum Gasteiger partial charge on any atom is -0.467 e. The molecule has 0 aliphatic carbocycles. The monoisotopic (exact) mass is 472 g/mol. The zero-order valence-electron chi connectivity index (χ0n) is 19.2. The predicted molar refractivity (Wildman–Crippen MR) is 122 cm³/mol. The number of carbonyl (C=O) groups excluding carboxylic acids is 1. The maximum atomic E-state index is 13.0. The van der Waals surface area contributed by atoms with Crippen molar-refractivity contribution in [1.29, 1.82) is 0 Å². The molecule has 0 bridgehead atoms. The standard InChI is InChI=1S/C23H28N4O5S/c1-16-14-20(18(3)27(16)15-21-6-5-13-31-21)7-8-22(28)25-9-11-26(12-10-25)33(29,30)23-17(2)24-32-19(23)4/h5-8,13-14H,9-12,15H2,1-4H3. The van der Waals surface area contributed by atoms with E-state index in [1.807, 2.05) is 38.1 Å². The van der Waals surface area contributed by atoms with E-state index >= 15 is 0 Å². The maximum Gasteiger partial charge on any atom is 0.248 e. The van der Waals surface area contributed by atoms with Crippen molar-refractivity contribution in [3.8, 4) is 0 Å². The van der Waals surface area contributed by atoms with Gasteiger partial charge in [0.25, 0.3) is 0 Å². The first-order valence-electron chi connectivity index (χ1n) is 10.8. The van der Waals surface area contributed by atoms with E-state index in [9.17, 15) is 13.2 Å². The van der Waals surface area contributed by atoms with Gasteiger partial charge in [0.2, 0.25) is 15.9 Å². The second kappa shape index (κ2) is 9.03. The Morgan fingerprint density at radius 1 is 1.15 bits per heavy atom. The summed E-state index contributed by atoms with van der Waals surface area (Å²) in [6.45, 7) is 8.96. The fourth-order valence-electron chi connectivity index (χ4n) is 4.19. The number of sulfonamides is 1. The first kappa shape index (κ1) is 23.1. The third-order valence-corrected chi connectivity index (χ3v) is 8.17. The number of furan rings is 1. The highest BCUT2D eigenvalue weighted by Crippen LogP contribution is 2.24. The van der Waals surface area contributed by atoms with E-state index in [1.165, 1.54) is 4.31 Å². The minimum absolute atomic E-state index is 0.118. The van der Waals surface area contributed by atoms with Crippen molar-refractivity contribution >= 4 is 22.0 Å². The summed E-state index contributed by atoms with van der Waals surface area (Å²) >= 11 is 0. The summed E-state index contributed by atoms with van der Waals surface area (Å²) in [6, 6.07) is 5.84. The maximum absolute atomic E-state index is 13.0. The van der Waals surface area contributed by atoms with Crippen molar-refractivity contribution in [1.82, 2.24) is 18.9 Å². The van der Waals surface area contributed by atoms with Crippen LogP contribution in [-0.4, -0.2) is 59.4 Å². The molecule has 0 radical (unpaired) electrons. The van der Waals surface area contributed by atoms with Crippen LogP contribution in [0.5, 0.6) is 0 Å². The zero-order valence-corrected chi connectivity index (χ0v) is 20.1. The average Bonchev–Trinajstić information content (AvgIpc) is 3.49. The van der Waals surface area contributed by atoms with Crippen LogP contribution in [-0.2, 0) is 21.4 Å². The molecule has 1 fully saturated rings. The summed E-state index contributed by atoms with van der Waals surface area (Å²) in [4.78, 5) is 14.5. The van der Waals surface area contributed by atoms with E-state index < -0.39 is 10.0 Å². The lowest BCUT2D eigenvalue weighted by Crippen LogP contribution is -2.50. The zero-order chi connectivity index (χ0) is 23.8. The van der Waals surface area contributed by atoms with Crippen LogP contribution in [0.1, 0.15) is 34.2 Å². The smallest absolute Gasteiger partial charge is 0.248 e. The third-order valence-electron chi connectivity index (χ3n) is 6.03. The highest BCUT2D eigenvalue weighted by Gasteiger charge is 2.33. The number of aromatic nitrogens is 2. The summed E-state index contributed by atoms with van der Waals surface area (Å²) in [5.41, 5.74) is 3.43. The molecule has 1 saturated heterocycles. The topological polar surface area (TPSA) is 102 Å². The molecule has 0 aromatic carbocycles. The number of piperazine rings is 1. The molecule has 1 amide bonds. The molecule has 1 aliphatic heterocycles. The van der Waals surface area contributed by atoms with E-state index in [0.29, 0.717) is 25.3 Å². The summed E-state index contributed by atoms with van der Waals surface area (Å²) < 4.78 is 39.9. The van der Waals surface area contributed by atoms with Gasteiger partial charge in [-0.3, -0.25) is 4.79 Å². The Morgan fingerprint density at radius 2 is 1.88 bits per heavy atom. The molecule has 4 heterocycles. The molecule has 1 aliphatic rings. The molecule has 10 heteroatoms. The van der Waals surface area contributed by atoms with Crippen molar-refractivity contribution in [3.63, 3.8) is 0 Å². The fourth-order valence-corrected chi connectivity index (χ4v) is 5.90. The second-order valence-electron chi connectivity index (χ2n) is 8.21. The molecule has 9 nitrogen and oxygen atoms in total. The van der Waals surface area contributed by atoms with Crippen LogP contribution in [0, 0.1) is 27.7 Å². The molecule has 3 aromatic heterocycles. The number of carbonyl (C=O) groups is 1. The number of rotatable bonds is 6. The van der Waals surface area contributed by atoms with E-state index in [2.05, 4.69) is 9.72 Å². The molecular formula is C23H28N4O5S. The molecule has 0 saturated carbocycles. The Kier molecular flexibility index (Phi) is 6.31. The number of aryl methyl sites for hydroxylation is 3. The van der Waals surface area contributed by atoms with Crippen molar-refractivity contribution in [2.75, 3.05) is 26.2 Å². The SMILES string of the molecule is Cc1noc(C)c1S(=O)(=O)N1CCN(C(=O)C=Cc2cc(C)n(Cc3ccco3)c2C)CC1. The van der Waals surface area contributed by atoms with Crippen LogP contribution in [0.2, 0.25) is 0 Å². The molecule has 33 heavy (non-hydrogen) atoms. The van der Waals surface area contributed by atoms with Gasteiger partial charge >= 0.3 is 0 Å². The molecule has 4 rings (SSSR count). The van der Waals surface area contributed by atoms with Crippen molar-refractivity contribution in [2.24, 2.45) is 0 Å². The Labute approximate surface area is 193 Å². The first-order valence-corrected chi connectivity index (χ1v) is 12.2. The van der Waals surface area contributed by atoms with Crippen LogP contribution >= 0.6 is 0 Å². The largest absolute Gasteiger partial charge is 0.467 e. The Bertz CT molecular complexity index is 1260. The predicted octanol–water partition coefficient (Wildman–Crippen LogP) is 2.90. The van der Waals surface area contributed by atoms with E-state index in [0.717, 1.165) is 22.7 Å². The normalized spacial score (nSPS) is 15.6. The van der Waals surface area contributed by atoms with Gasteiger partial charge in [-0.2, -0.15) is 4.31 Å². The van der Waals surface area contributed by atoms with Crippen molar-refractivity contribution in [3.05, 3.63) is 64.7 Å². The van der Waals surface area contributed by atoms with Gasteiger partial charge in [0.05, 0.1) is 12.8 Å². The van der Waals surface area contributed by atoms with Crippen LogP contribution in [0.25, 0.3) is 6.08 Å². The molecule has 0 atom stereocenters. The lowest BCUT2D eigenvalue weighted by Gasteiger charge is -2.33. The van der Waals surface area contributed by atoms with Gasteiger partial charge in [0.1, 0.15) is 16.3 Å². The number of nitrogens with zero attached hydrogens (tertiary/aromatic N) is 4. The van der Waals surface area contributed by atoms with Gasteiger partial charge in [-0.25, -0.2) is 8.42 Å². The first-order chi connectivity index (χ1) is 15.7. The van der Waals surface area contributed by atoms with E-state index in [-0.39, 0.29) is 29.7 Å². The lowest BCUT2D eigenvalue weighted by atomic mass is 10.2. The van der Waals surface area contributed by atoms with Gasteiger partial charge in [-0.05, 0) is 57.5 Å². The van der Waals surface area contributed by atoms with Crippen LogP contribution < -0.4 is 0 Å². The van der Waals surface area contributed by atoms with Crippen LogP contribution in [0.3, 0.4) is 0 Å². The summed E-state index contributed by atoms with van der Waals surface area (Å²) in [5.74, 6) is 1.01. The average molecular weight is 473 g/mol. The molecule has 3 aromatic rings. The van der Waals surface area contributed by atoms with Crippen LogP contribution in [0.4, 0.5) is 0 Å². The molecule has 0 N–H and O–H groups in total. The summed E-state index contributed by atoms with van der Waals surface area (Å²) in [5, 5.41) is 3.75. The van der Waals surface area contributed by atoms with E-state index in [4.69, 9.17) is 8.94 Å². The Balaban J connectivity index is 1.40. The quantitative estimate of drug-likeness (QED) is 0.511. The van der Waals surface area contributed by atoms with E-state index in [1.54, 1.807) is 31.1 Å². The second-order valence-corrected chi connectivity index (χ2v) is 10.1. The summed E-state index contributed by atoms with van der Waals surface area (Å²) in [6.07, 6.45) is 5.02. The number of hydrogen-bond donors (Lipinski definition) is 0. The fraction of sp³-hybridized carbons (Fsp3) is 0.391. The third kappa shape index (κ3) is 4.53. The Morgan fingerprint density at radius 3 is 2.48 bits per heavy atom. The van der Waals surface area contributed by atoms with Gasteiger partial charge in [0.15, 0.2) is 5.76 Å². The highest BCUT2D eigenvalue weighted by molar-refractivity contribution is 7.89. The molecule has 0 unspecified atom stereocenters. The molecule has 0 spiro atoms. The Hall–Kier alpha value is -3.11. The summed E-state index contributed by atoms with van der Waals surface area (Å²) in [7, 11) is -3.70.